The third-order valence-corrected chi connectivity index (χ3v) is 4.81. The highest BCUT2D eigenvalue weighted by atomic mass is 19.1. The van der Waals surface area contributed by atoms with Gasteiger partial charge in [-0.05, 0) is 24.6 Å². The van der Waals surface area contributed by atoms with Gasteiger partial charge >= 0.3 is 0 Å². The molecule has 4 rings (SSSR count). The number of anilines is 1. The molecule has 1 unspecified atom stereocenters. The van der Waals surface area contributed by atoms with Gasteiger partial charge in [-0.25, -0.2) is 9.37 Å². The lowest BCUT2D eigenvalue weighted by Crippen LogP contribution is -2.56. The number of amides is 2. The summed E-state index contributed by atoms with van der Waals surface area (Å²) in [4.78, 5) is 32.1. The van der Waals surface area contributed by atoms with Crippen molar-refractivity contribution in [2.75, 3.05) is 31.1 Å². The highest BCUT2D eigenvalue weighted by Crippen LogP contribution is 2.32. The molecule has 0 radical (unpaired) electrons. The average molecular weight is 359 g/mol. The number of morpholine rings is 1. The monoisotopic (exact) mass is 359 g/mol. The molecule has 1 atom stereocenters. The highest BCUT2D eigenvalue weighted by molar-refractivity contribution is 5.95. The summed E-state index contributed by atoms with van der Waals surface area (Å²) in [7, 11) is 0. The van der Waals surface area contributed by atoms with E-state index in [1.165, 1.54) is 23.3 Å². The molecule has 7 nitrogen and oxygen atoms in total. The Kier molecular flexibility index (Phi) is 3.99. The van der Waals surface area contributed by atoms with Crippen molar-refractivity contribution in [3.05, 3.63) is 47.9 Å². The molecule has 1 aromatic carbocycles. The standard InChI is InChI=1S/C18H18FN3O4/c1-12-20-15(8-25-12)17(24)21-6-5-18(10-21)11-22(16(23)9-26-18)14-4-2-3-13(19)7-14/h2-4,7-8H,5-6,9-11H2,1H3. The van der Waals surface area contributed by atoms with Crippen molar-refractivity contribution in [1.29, 1.82) is 0 Å². The van der Waals surface area contributed by atoms with Crippen LogP contribution in [-0.2, 0) is 9.53 Å². The summed E-state index contributed by atoms with van der Waals surface area (Å²) in [6.45, 7) is 2.69. The maximum Gasteiger partial charge on any atom is 0.275 e. The van der Waals surface area contributed by atoms with Gasteiger partial charge < -0.3 is 19.0 Å². The normalized spacial score (nSPS) is 23.1. The number of rotatable bonds is 2. The minimum atomic E-state index is -0.658. The topological polar surface area (TPSA) is 75.9 Å². The van der Waals surface area contributed by atoms with Crippen molar-refractivity contribution in [2.45, 2.75) is 18.9 Å². The molecule has 0 saturated carbocycles. The third kappa shape index (κ3) is 2.96. The Hall–Kier alpha value is -2.74. The maximum atomic E-state index is 13.5. The van der Waals surface area contributed by atoms with E-state index < -0.39 is 11.4 Å². The SMILES string of the molecule is Cc1nc(C(=O)N2CCC3(C2)CN(c2cccc(F)c2)C(=O)CO3)co1. The molecule has 136 valence electrons. The number of benzene rings is 1. The van der Waals surface area contributed by atoms with Crippen LogP contribution in [0.2, 0.25) is 0 Å². The summed E-state index contributed by atoms with van der Waals surface area (Å²) >= 11 is 0. The Balaban J connectivity index is 1.52. The first kappa shape index (κ1) is 16.7. The van der Waals surface area contributed by atoms with Gasteiger partial charge in [-0.2, -0.15) is 0 Å². The number of ether oxygens (including phenoxy) is 1. The maximum absolute atomic E-state index is 13.5. The number of hydrogen-bond acceptors (Lipinski definition) is 5. The Morgan fingerprint density at radius 3 is 2.92 bits per heavy atom. The second kappa shape index (κ2) is 6.21. The number of halogens is 1. The van der Waals surface area contributed by atoms with Gasteiger partial charge in [-0.15, -0.1) is 0 Å². The molecule has 1 spiro atoms. The summed E-state index contributed by atoms with van der Waals surface area (Å²) in [6.07, 6.45) is 1.93. The number of likely N-dealkylation sites (tertiary alicyclic amines) is 1. The van der Waals surface area contributed by atoms with E-state index in [1.54, 1.807) is 24.0 Å². The van der Waals surface area contributed by atoms with Crippen LogP contribution in [-0.4, -0.2) is 53.5 Å². The quantitative estimate of drug-likeness (QED) is 0.817. The fourth-order valence-corrected chi connectivity index (χ4v) is 3.48. The lowest BCUT2D eigenvalue weighted by atomic mass is 10.00. The Morgan fingerprint density at radius 2 is 2.19 bits per heavy atom. The van der Waals surface area contributed by atoms with Crippen LogP contribution in [0.3, 0.4) is 0 Å². The van der Waals surface area contributed by atoms with Crippen molar-refractivity contribution in [3.8, 4) is 0 Å². The Morgan fingerprint density at radius 1 is 1.35 bits per heavy atom. The molecule has 3 heterocycles. The molecule has 2 aromatic rings. The first-order valence-electron chi connectivity index (χ1n) is 8.37. The smallest absolute Gasteiger partial charge is 0.275 e. The first-order chi connectivity index (χ1) is 12.5. The lowest BCUT2D eigenvalue weighted by Gasteiger charge is -2.40. The van der Waals surface area contributed by atoms with Gasteiger partial charge in [0.15, 0.2) is 11.6 Å². The van der Waals surface area contributed by atoms with Crippen LogP contribution in [0.5, 0.6) is 0 Å². The summed E-state index contributed by atoms with van der Waals surface area (Å²) in [5.41, 5.74) is 0.0947. The number of oxazole rings is 1. The van der Waals surface area contributed by atoms with Gasteiger partial charge in [0.25, 0.3) is 11.8 Å². The molecule has 2 aliphatic heterocycles. The molecule has 1 aromatic heterocycles. The molecular formula is C18H18FN3O4. The zero-order valence-corrected chi connectivity index (χ0v) is 14.3. The van der Waals surface area contributed by atoms with Gasteiger partial charge in [0.1, 0.15) is 24.3 Å². The minimum Gasteiger partial charge on any atom is -0.448 e. The zero-order chi connectivity index (χ0) is 18.3. The van der Waals surface area contributed by atoms with Crippen LogP contribution in [0, 0.1) is 12.7 Å². The van der Waals surface area contributed by atoms with E-state index in [-0.39, 0.29) is 30.7 Å². The largest absolute Gasteiger partial charge is 0.448 e. The lowest BCUT2D eigenvalue weighted by molar-refractivity contribution is -0.137. The third-order valence-electron chi connectivity index (χ3n) is 4.81. The number of hydrogen-bond donors (Lipinski definition) is 0. The molecule has 26 heavy (non-hydrogen) atoms. The van der Waals surface area contributed by atoms with Crippen molar-refractivity contribution in [3.63, 3.8) is 0 Å². The molecule has 2 saturated heterocycles. The van der Waals surface area contributed by atoms with Crippen LogP contribution < -0.4 is 4.90 Å². The van der Waals surface area contributed by atoms with Crippen molar-refractivity contribution < 1.29 is 23.1 Å². The van der Waals surface area contributed by atoms with Crippen LogP contribution >= 0.6 is 0 Å². The van der Waals surface area contributed by atoms with E-state index in [0.29, 0.717) is 31.1 Å². The summed E-state index contributed by atoms with van der Waals surface area (Å²) in [5.74, 6) is -0.422. The molecule has 2 fully saturated rings. The van der Waals surface area contributed by atoms with E-state index in [0.717, 1.165) is 0 Å². The summed E-state index contributed by atoms with van der Waals surface area (Å²) < 4.78 is 24.5. The van der Waals surface area contributed by atoms with Crippen LogP contribution in [0.15, 0.2) is 34.9 Å². The molecule has 0 aliphatic carbocycles. The van der Waals surface area contributed by atoms with Crippen molar-refractivity contribution >= 4 is 17.5 Å². The summed E-state index contributed by atoms with van der Waals surface area (Å²) in [5, 5.41) is 0. The van der Waals surface area contributed by atoms with E-state index in [2.05, 4.69) is 4.98 Å². The summed E-state index contributed by atoms with van der Waals surface area (Å²) in [6, 6.07) is 5.92. The second-order valence-corrected chi connectivity index (χ2v) is 6.66. The highest BCUT2D eigenvalue weighted by Gasteiger charge is 2.47. The van der Waals surface area contributed by atoms with E-state index in [1.807, 2.05) is 0 Å². The van der Waals surface area contributed by atoms with Crippen LogP contribution in [0.1, 0.15) is 22.8 Å². The Labute approximate surface area is 149 Å². The zero-order valence-electron chi connectivity index (χ0n) is 14.3. The molecule has 0 bridgehead atoms. The van der Waals surface area contributed by atoms with E-state index >= 15 is 0 Å². The fourth-order valence-electron chi connectivity index (χ4n) is 3.48. The van der Waals surface area contributed by atoms with E-state index in [4.69, 9.17) is 9.15 Å². The van der Waals surface area contributed by atoms with Gasteiger partial charge in [-0.1, -0.05) is 6.07 Å². The van der Waals surface area contributed by atoms with Crippen LogP contribution in [0.4, 0.5) is 10.1 Å². The number of aryl methyl sites for hydroxylation is 1. The van der Waals surface area contributed by atoms with Crippen LogP contribution in [0.25, 0.3) is 0 Å². The number of carbonyl (C=O) groups is 2. The minimum absolute atomic E-state index is 0.0956. The molecule has 8 heteroatoms. The van der Waals surface area contributed by atoms with Gasteiger partial charge in [0.2, 0.25) is 0 Å². The van der Waals surface area contributed by atoms with Gasteiger partial charge in [0, 0.05) is 19.2 Å². The average Bonchev–Trinajstić information content (AvgIpc) is 3.24. The molecular weight excluding hydrogens is 341 g/mol. The molecule has 0 N–H and O–H groups in total. The molecule has 2 amide bonds. The number of nitrogens with zero attached hydrogens (tertiary/aromatic N) is 3. The Bertz CT molecular complexity index is 868. The predicted molar refractivity (Wildman–Crippen MR) is 89.2 cm³/mol. The van der Waals surface area contributed by atoms with E-state index in [9.17, 15) is 14.0 Å². The number of carbonyl (C=O) groups excluding carboxylic acids is 2. The second-order valence-electron chi connectivity index (χ2n) is 6.66. The fraction of sp³-hybridized carbons (Fsp3) is 0.389. The first-order valence-corrected chi connectivity index (χ1v) is 8.37. The van der Waals surface area contributed by atoms with Gasteiger partial charge in [-0.3, -0.25) is 9.59 Å². The molecule has 2 aliphatic rings. The predicted octanol–water partition coefficient (Wildman–Crippen LogP) is 1.77. The number of aromatic nitrogens is 1. The van der Waals surface area contributed by atoms with Crippen molar-refractivity contribution in [2.24, 2.45) is 0 Å². The van der Waals surface area contributed by atoms with Crippen molar-refractivity contribution in [1.82, 2.24) is 9.88 Å². The van der Waals surface area contributed by atoms with Gasteiger partial charge in [0.05, 0.1) is 13.1 Å².